The first-order chi connectivity index (χ1) is 13.4. The number of carbonyl (C=O) groups is 1. The summed E-state index contributed by atoms with van der Waals surface area (Å²) in [6, 6.07) is 8.47. The second-order valence-electron chi connectivity index (χ2n) is 7.17. The van der Waals surface area contributed by atoms with Crippen molar-refractivity contribution >= 4 is 33.2 Å². The van der Waals surface area contributed by atoms with Gasteiger partial charge in [-0.2, -0.15) is 0 Å². The highest BCUT2D eigenvalue weighted by Crippen LogP contribution is 2.32. The fourth-order valence-electron chi connectivity index (χ4n) is 3.18. The summed E-state index contributed by atoms with van der Waals surface area (Å²) >= 11 is 6.04. The topological polar surface area (TPSA) is 75.7 Å². The number of hydrogen-bond acceptors (Lipinski definition) is 4. The van der Waals surface area contributed by atoms with E-state index in [2.05, 4.69) is 11.4 Å². The van der Waals surface area contributed by atoms with E-state index in [-0.39, 0.29) is 18.3 Å². The van der Waals surface area contributed by atoms with Crippen LogP contribution in [0.1, 0.15) is 35.2 Å². The minimum absolute atomic E-state index is 0.215. The van der Waals surface area contributed by atoms with Crippen molar-refractivity contribution in [3.8, 4) is 5.75 Å². The van der Waals surface area contributed by atoms with Crippen LogP contribution >= 0.6 is 11.6 Å². The van der Waals surface area contributed by atoms with Crippen LogP contribution < -0.4 is 14.4 Å². The average molecular weight is 439 g/mol. The van der Waals surface area contributed by atoms with Crippen molar-refractivity contribution in [2.45, 2.75) is 33.7 Å². The number of rotatable bonds is 7. The van der Waals surface area contributed by atoms with E-state index in [1.807, 2.05) is 33.8 Å². The van der Waals surface area contributed by atoms with Crippen LogP contribution in [0, 0.1) is 20.8 Å². The average Bonchev–Trinajstić information content (AvgIpc) is 2.61. The molecule has 0 spiro atoms. The van der Waals surface area contributed by atoms with Gasteiger partial charge in [-0.1, -0.05) is 23.7 Å². The van der Waals surface area contributed by atoms with E-state index in [9.17, 15) is 13.2 Å². The maximum Gasteiger partial charge on any atom is 0.241 e. The molecule has 0 bridgehead atoms. The number of methoxy groups -OCH3 is 1. The first kappa shape index (κ1) is 23.0. The van der Waals surface area contributed by atoms with Gasteiger partial charge < -0.3 is 10.1 Å². The minimum Gasteiger partial charge on any atom is -0.495 e. The van der Waals surface area contributed by atoms with Gasteiger partial charge in [-0.25, -0.2) is 8.42 Å². The number of benzene rings is 2. The monoisotopic (exact) mass is 438 g/mol. The van der Waals surface area contributed by atoms with E-state index in [0.29, 0.717) is 10.8 Å². The van der Waals surface area contributed by atoms with Crippen molar-refractivity contribution in [1.29, 1.82) is 0 Å². The predicted octanol–water partition coefficient (Wildman–Crippen LogP) is 3.92. The summed E-state index contributed by atoms with van der Waals surface area (Å²) in [5.41, 5.74) is 4.59. The van der Waals surface area contributed by atoms with E-state index >= 15 is 0 Å². The molecule has 2 aromatic rings. The van der Waals surface area contributed by atoms with Crippen LogP contribution in [0.5, 0.6) is 5.75 Å². The highest BCUT2D eigenvalue weighted by Gasteiger charge is 2.25. The van der Waals surface area contributed by atoms with Crippen LogP contribution in [-0.4, -0.2) is 34.2 Å². The fourth-order valence-corrected chi connectivity index (χ4v) is 4.20. The number of hydrogen-bond donors (Lipinski definition) is 1. The SMILES string of the molecule is COc1ccc(Cl)cc1N(CC(=O)NC(C)c1cc(C)c(C)cc1C)S(C)(=O)=O. The van der Waals surface area contributed by atoms with Crippen LogP contribution in [-0.2, 0) is 14.8 Å². The Bertz CT molecular complexity index is 1020. The van der Waals surface area contributed by atoms with E-state index in [0.717, 1.165) is 27.3 Å². The van der Waals surface area contributed by atoms with E-state index in [1.54, 1.807) is 12.1 Å². The molecule has 0 heterocycles. The lowest BCUT2D eigenvalue weighted by Crippen LogP contribution is -2.41. The molecule has 1 unspecified atom stereocenters. The number of aryl methyl sites for hydroxylation is 3. The third-order valence-electron chi connectivity index (χ3n) is 4.82. The standard InChI is InChI=1S/C21H27ClN2O4S/c1-13-9-15(3)18(10-14(13)2)16(4)23-21(25)12-24(29(6,26)27)19-11-17(22)7-8-20(19)28-5/h7-11,16H,12H2,1-6H3,(H,23,25). The molecular weight excluding hydrogens is 412 g/mol. The lowest BCUT2D eigenvalue weighted by Gasteiger charge is -2.25. The zero-order valence-corrected chi connectivity index (χ0v) is 19.1. The number of ether oxygens (including phenoxy) is 1. The van der Waals surface area contributed by atoms with Gasteiger partial charge in [0.05, 0.1) is 25.1 Å². The molecule has 6 nitrogen and oxygen atoms in total. The lowest BCUT2D eigenvalue weighted by atomic mass is 9.96. The van der Waals surface area contributed by atoms with Crippen molar-refractivity contribution in [2.75, 3.05) is 24.2 Å². The Hall–Kier alpha value is -2.25. The number of halogens is 1. The molecule has 2 aromatic carbocycles. The Kier molecular flexibility index (Phi) is 7.19. The van der Waals surface area contributed by atoms with Crippen LogP contribution in [0.15, 0.2) is 30.3 Å². The summed E-state index contributed by atoms with van der Waals surface area (Å²) in [4.78, 5) is 12.7. The molecule has 0 fully saturated rings. The van der Waals surface area contributed by atoms with Gasteiger partial charge in [0.15, 0.2) is 0 Å². The first-order valence-electron chi connectivity index (χ1n) is 9.12. The summed E-state index contributed by atoms with van der Waals surface area (Å²) in [6.45, 7) is 7.54. The van der Waals surface area contributed by atoms with Gasteiger partial charge in [0.25, 0.3) is 0 Å². The van der Waals surface area contributed by atoms with Gasteiger partial charge in [-0.05, 0) is 68.1 Å². The summed E-state index contributed by atoms with van der Waals surface area (Å²) in [5.74, 6) is -0.117. The molecule has 1 amide bonds. The molecule has 1 atom stereocenters. The Labute approximate surface area is 177 Å². The number of nitrogens with one attached hydrogen (secondary N) is 1. The third-order valence-corrected chi connectivity index (χ3v) is 6.19. The summed E-state index contributed by atoms with van der Waals surface area (Å²) < 4.78 is 31.0. The van der Waals surface area contributed by atoms with Crippen LogP contribution in [0.4, 0.5) is 5.69 Å². The molecule has 1 N–H and O–H groups in total. The van der Waals surface area contributed by atoms with E-state index in [1.165, 1.54) is 18.7 Å². The lowest BCUT2D eigenvalue weighted by molar-refractivity contribution is -0.120. The van der Waals surface area contributed by atoms with E-state index < -0.39 is 15.9 Å². The Morgan fingerprint density at radius 3 is 2.34 bits per heavy atom. The Morgan fingerprint density at radius 1 is 1.14 bits per heavy atom. The second kappa shape index (κ2) is 9.05. The van der Waals surface area contributed by atoms with Crippen molar-refractivity contribution in [3.05, 3.63) is 57.6 Å². The molecular formula is C21H27ClN2O4S. The summed E-state index contributed by atoms with van der Waals surface area (Å²) in [5, 5.41) is 3.23. The van der Waals surface area contributed by atoms with Gasteiger partial charge in [-0.15, -0.1) is 0 Å². The number of nitrogens with zero attached hydrogens (tertiary/aromatic N) is 1. The maximum atomic E-state index is 12.7. The number of anilines is 1. The van der Waals surface area contributed by atoms with Gasteiger partial charge in [0.1, 0.15) is 12.3 Å². The molecule has 0 aliphatic heterocycles. The molecule has 0 aliphatic carbocycles. The predicted molar refractivity (Wildman–Crippen MR) is 117 cm³/mol. The molecule has 2 rings (SSSR count). The van der Waals surface area contributed by atoms with Crippen molar-refractivity contribution in [2.24, 2.45) is 0 Å². The number of sulfonamides is 1. The van der Waals surface area contributed by atoms with Crippen molar-refractivity contribution in [1.82, 2.24) is 5.32 Å². The minimum atomic E-state index is -3.75. The summed E-state index contributed by atoms with van der Waals surface area (Å²) in [6.07, 6.45) is 1.04. The molecule has 0 aliphatic rings. The number of carbonyl (C=O) groups excluding carboxylic acids is 1. The smallest absolute Gasteiger partial charge is 0.241 e. The molecule has 8 heteroatoms. The van der Waals surface area contributed by atoms with Gasteiger partial charge >= 0.3 is 0 Å². The van der Waals surface area contributed by atoms with Crippen LogP contribution in [0.3, 0.4) is 0 Å². The highest BCUT2D eigenvalue weighted by molar-refractivity contribution is 7.92. The molecule has 0 saturated heterocycles. The highest BCUT2D eigenvalue weighted by atomic mass is 35.5. The zero-order valence-electron chi connectivity index (χ0n) is 17.5. The Morgan fingerprint density at radius 2 is 1.76 bits per heavy atom. The largest absolute Gasteiger partial charge is 0.495 e. The quantitative estimate of drug-likeness (QED) is 0.710. The fraction of sp³-hybridized carbons (Fsp3) is 0.381. The molecule has 0 aromatic heterocycles. The molecule has 0 saturated carbocycles. The van der Waals surface area contributed by atoms with Gasteiger partial charge in [0.2, 0.25) is 15.9 Å². The van der Waals surface area contributed by atoms with Crippen molar-refractivity contribution in [3.63, 3.8) is 0 Å². The number of amides is 1. The molecule has 0 radical (unpaired) electrons. The Balaban J connectivity index is 2.28. The molecule has 158 valence electrons. The maximum absolute atomic E-state index is 12.7. The van der Waals surface area contributed by atoms with E-state index in [4.69, 9.17) is 16.3 Å². The van der Waals surface area contributed by atoms with Crippen molar-refractivity contribution < 1.29 is 17.9 Å². The van der Waals surface area contributed by atoms with Gasteiger partial charge in [0, 0.05) is 5.02 Å². The summed E-state index contributed by atoms with van der Waals surface area (Å²) in [7, 11) is -2.32. The third kappa shape index (κ3) is 5.64. The second-order valence-corrected chi connectivity index (χ2v) is 9.51. The first-order valence-corrected chi connectivity index (χ1v) is 11.3. The van der Waals surface area contributed by atoms with Gasteiger partial charge in [-0.3, -0.25) is 9.10 Å². The molecule has 29 heavy (non-hydrogen) atoms. The normalized spacial score (nSPS) is 12.4. The van der Waals surface area contributed by atoms with Crippen LogP contribution in [0.2, 0.25) is 5.02 Å². The zero-order chi connectivity index (χ0) is 21.9. The van der Waals surface area contributed by atoms with Crippen LogP contribution in [0.25, 0.3) is 0 Å².